The smallest absolute Gasteiger partial charge is 0.406 e. The van der Waals surface area contributed by atoms with Crippen LogP contribution >= 0.6 is 0 Å². The molecule has 122 valence electrons. The monoisotopic (exact) mass is 320 g/mol. The molecule has 2 heterocycles. The second-order valence-electron chi connectivity index (χ2n) is 4.79. The van der Waals surface area contributed by atoms with Gasteiger partial charge in [0.25, 0.3) is 5.91 Å². The van der Waals surface area contributed by atoms with Crippen molar-refractivity contribution in [2.45, 2.75) is 32.8 Å². The first-order chi connectivity index (χ1) is 11.0. The third kappa shape index (κ3) is 4.25. The molecule has 0 spiro atoms. The molecule has 0 aromatic carbocycles. The number of carbonyl (C=O) groups excluding carboxylic acids is 1. The first-order valence-electron chi connectivity index (χ1n) is 7.01. The van der Waals surface area contributed by atoms with Crippen molar-refractivity contribution in [1.82, 2.24) is 10.1 Å². The summed E-state index contributed by atoms with van der Waals surface area (Å²) in [6.07, 6.45) is 1.43. The highest BCUT2D eigenvalue weighted by Crippen LogP contribution is 2.25. The van der Waals surface area contributed by atoms with E-state index in [0.29, 0.717) is 18.6 Å². The SMILES string of the molecule is CCCC(Oc1cccnc1[N+](=O)[O-])C(=O)Nc1cc(C)on1. The third-order valence-corrected chi connectivity index (χ3v) is 2.92. The number of nitrogens with one attached hydrogen (secondary N) is 1. The molecule has 9 nitrogen and oxygen atoms in total. The van der Waals surface area contributed by atoms with Crippen LogP contribution in [0.1, 0.15) is 25.5 Å². The molecule has 1 atom stereocenters. The van der Waals surface area contributed by atoms with E-state index in [1.807, 2.05) is 6.92 Å². The number of hydrogen-bond acceptors (Lipinski definition) is 7. The van der Waals surface area contributed by atoms with Gasteiger partial charge in [-0.1, -0.05) is 18.5 Å². The zero-order chi connectivity index (χ0) is 16.8. The average Bonchev–Trinajstić information content (AvgIpc) is 2.92. The third-order valence-electron chi connectivity index (χ3n) is 2.92. The average molecular weight is 320 g/mol. The molecule has 0 aliphatic heterocycles. The highest BCUT2D eigenvalue weighted by molar-refractivity contribution is 5.93. The number of amides is 1. The molecule has 1 amide bonds. The van der Waals surface area contributed by atoms with Gasteiger partial charge in [-0.25, -0.2) is 0 Å². The molecule has 2 aromatic heterocycles. The number of nitro groups is 1. The Kier molecular flexibility index (Phi) is 5.23. The van der Waals surface area contributed by atoms with Gasteiger partial charge in [-0.15, -0.1) is 0 Å². The standard InChI is InChI=1S/C14H16N4O5/c1-3-5-11(14(19)16-12-8-9(2)23-17-12)22-10-6-4-7-15-13(10)18(20)21/h4,6-8,11H,3,5H2,1-2H3,(H,16,17,19). The summed E-state index contributed by atoms with van der Waals surface area (Å²) in [5.41, 5.74) is 0. The number of pyridine rings is 1. The largest absolute Gasteiger partial charge is 0.472 e. The van der Waals surface area contributed by atoms with Gasteiger partial charge in [0.15, 0.2) is 11.9 Å². The summed E-state index contributed by atoms with van der Waals surface area (Å²) in [6, 6.07) is 4.47. The Hall–Kier alpha value is -2.97. The van der Waals surface area contributed by atoms with Gasteiger partial charge in [0, 0.05) is 6.07 Å². The van der Waals surface area contributed by atoms with Gasteiger partial charge in [-0.2, -0.15) is 0 Å². The quantitative estimate of drug-likeness (QED) is 0.614. The Morgan fingerprint density at radius 1 is 1.57 bits per heavy atom. The molecular formula is C14H16N4O5. The van der Waals surface area contributed by atoms with Crippen LogP contribution in [0, 0.1) is 17.0 Å². The Labute approximate surface area is 131 Å². The van der Waals surface area contributed by atoms with E-state index >= 15 is 0 Å². The number of aromatic nitrogens is 2. The predicted molar refractivity (Wildman–Crippen MR) is 80.1 cm³/mol. The number of carbonyl (C=O) groups is 1. The topological polar surface area (TPSA) is 120 Å². The van der Waals surface area contributed by atoms with Crippen molar-refractivity contribution in [1.29, 1.82) is 0 Å². The molecule has 0 radical (unpaired) electrons. The summed E-state index contributed by atoms with van der Waals surface area (Å²) in [5.74, 6) is -0.131. The number of hydrogen-bond donors (Lipinski definition) is 1. The Morgan fingerprint density at radius 3 is 2.96 bits per heavy atom. The lowest BCUT2D eigenvalue weighted by Crippen LogP contribution is -2.33. The minimum atomic E-state index is -0.903. The molecule has 9 heteroatoms. The number of aryl methyl sites for hydroxylation is 1. The molecule has 2 aromatic rings. The molecule has 0 saturated heterocycles. The summed E-state index contributed by atoms with van der Waals surface area (Å²) < 4.78 is 10.4. The van der Waals surface area contributed by atoms with Gasteiger partial charge in [0.05, 0.1) is 0 Å². The normalized spacial score (nSPS) is 11.7. The van der Waals surface area contributed by atoms with Gasteiger partial charge in [0.1, 0.15) is 12.0 Å². The van der Waals surface area contributed by atoms with Crippen LogP contribution < -0.4 is 10.1 Å². The summed E-state index contributed by atoms with van der Waals surface area (Å²) in [7, 11) is 0. The molecule has 0 aliphatic rings. The van der Waals surface area contributed by atoms with E-state index in [1.165, 1.54) is 18.3 Å². The fraction of sp³-hybridized carbons (Fsp3) is 0.357. The molecule has 0 aliphatic carbocycles. The second kappa shape index (κ2) is 7.34. The van der Waals surface area contributed by atoms with Gasteiger partial charge in [-0.05, 0) is 35.4 Å². The molecule has 1 unspecified atom stereocenters. The number of nitrogens with zero attached hydrogens (tertiary/aromatic N) is 3. The predicted octanol–water partition coefficient (Wildman–Crippen LogP) is 2.47. The van der Waals surface area contributed by atoms with Crippen LogP contribution in [-0.4, -0.2) is 27.1 Å². The zero-order valence-electron chi connectivity index (χ0n) is 12.7. The van der Waals surface area contributed by atoms with E-state index < -0.39 is 22.8 Å². The molecule has 0 fully saturated rings. The van der Waals surface area contributed by atoms with Crippen LogP contribution in [0.3, 0.4) is 0 Å². The van der Waals surface area contributed by atoms with Crippen molar-refractivity contribution >= 4 is 17.5 Å². The summed E-state index contributed by atoms with van der Waals surface area (Å²) in [4.78, 5) is 26.3. The first kappa shape index (κ1) is 16.4. The highest BCUT2D eigenvalue weighted by atomic mass is 16.6. The van der Waals surface area contributed by atoms with E-state index in [1.54, 1.807) is 13.0 Å². The van der Waals surface area contributed by atoms with E-state index in [-0.39, 0.29) is 11.6 Å². The minimum absolute atomic E-state index is 0.0533. The molecule has 0 saturated carbocycles. The zero-order valence-corrected chi connectivity index (χ0v) is 12.7. The maximum Gasteiger partial charge on any atom is 0.406 e. The van der Waals surface area contributed by atoms with Gasteiger partial charge in [-0.3, -0.25) is 4.79 Å². The second-order valence-corrected chi connectivity index (χ2v) is 4.79. The summed E-state index contributed by atoms with van der Waals surface area (Å²) in [6.45, 7) is 3.57. The van der Waals surface area contributed by atoms with Crippen LogP contribution in [0.15, 0.2) is 28.9 Å². The summed E-state index contributed by atoms with van der Waals surface area (Å²) >= 11 is 0. The van der Waals surface area contributed by atoms with Crippen LogP contribution in [0.25, 0.3) is 0 Å². The van der Waals surface area contributed by atoms with Crippen molar-refractivity contribution in [3.05, 3.63) is 40.3 Å². The van der Waals surface area contributed by atoms with Crippen molar-refractivity contribution in [3.8, 4) is 5.75 Å². The Bertz CT molecular complexity index is 700. The number of anilines is 1. The van der Waals surface area contributed by atoms with E-state index in [0.717, 1.165) is 0 Å². The van der Waals surface area contributed by atoms with Crippen LogP contribution in [0.2, 0.25) is 0 Å². The lowest BCUT2D eigenvalue weighted by molar-refractivity contribution is -0.390. The van der Waals surface area contributed by atoms with Crippen molar-refractivity contribution in [3.63, 3.8) is 0 Å². The molecular weight excluding hydrogens is 304 g/mol. The van der Waals surface area contributed by atoms with E-state index in [2.05, 4.69) is 15.5 Å². The van der Waals surface area contributed by atoms with Crippen LogP contribution in [0.5, 0.6) is 5.75 Å². The van der Waals surface area contributed by atoms with Crippen molar-refractivity contribution in [2.75, 3.05) is 5.32 Å². The van der Waals surface area contributed by atoms with Crippen LogP contribution in [0.4, 0.5) is 11.6 Å². The molecule has 0 bridgehead atoms. The molecule has 1 N–H and O–H groups in total. The first-order valence-corrected chi connectivity index (χ1v) is 7.01. The lowest BCUT2D eigenvalue weighted by Gasteiger charge is -2.16. The van der Waals surface area contributed by atoms with Crippen molar-refractivity contribution < 1.29 is 19.0 Å². The number of rotatable bonds is 7. The van der Waals surface area contributed by atoms with Gasteiger partial charge < -0.3 is 24.7 Å². The molecule has 2 rings (SSSR count). The Balaban J connectivity index is 2.15. The summed E-state index contributed by atoms with van der Waals surface area (Å²) in [5, 5.41) is 17.2. The minimum Gasteiger partial charge on any atom is -0.472 e. The fourth-order valence-electron chi connectivity index (χ4n) is 1.90. The van der Waals surface area contributed by atoms with Crippen LogP contribution in [-0.2, 0) is 4.79 Å². The molecule has 23 heavy (non-hydrogen) atoms. The van der Waals surface area contributed by atoms with Crippen molar-refractivity contribution in [2.24, 2.45) is 0 Å². The maximum atomic E-state index is 12.3. The lowest BCUT2D eigenvalue weighted by atomic mass is 10.2. The van der Waals surface area contributed by atoms with Gasteiger partial charge >= 0.3 is 5.82 Å². The highest BCUT2D eigenvalue weighted by Gasteiger charge is 2.25. The van der Waals surface area contributed by atoms with Gasteiger partial charge in [0.2, 0.25) is 5.75 Å². The van der Waals surface area contributed by atoms with E-state index in [4.69, 9.17) is 9.26 Å². The Morgan fingerprint density at radius 2 is 2.35 bits per heavy atom. The maximum absolute atomic E-state index is 12.3. The van der Waals surface area contributed by atoms with E-state index in [9.17, 15) is 14.9 Å². The fourth-order valence-corrected chi connectivity index (χ4v) is 1.90. The number of ether oxygens (including phenoxy) is 1.